The van der Waals surface area contributed by atoms with Gasteiger partial charge in [-0.15, -0.1) is 0 Å². The fourth-order valence-corrected chi connectivity index (χ4v) is 4.58. The number of hydrogen-bond acceptors (Lipinski definition) is 3. The van der Waals surface area contributed by atoms with Crippen molar-refractivity contribution in [3.8, 4) is 0 Å². The van der Waals surface area contributed by atoms with Crippen molar-refractivity contribution in [2.45, 2.75) is 30.6 Å². The van der Waals surface area contributed by atoms with Crippen molar-refractivity contribution in [1.82, 2.24) is 4.72 Å². The van der Waals surface area contributed by atoms with Crippen LogP contribution < -0.4 is 4.72 Å². The summed E-state index contributed by atoms with van der Waals surface area (Å²) in [5, 5.41) is 11.2. The molecule has 3 rings (SSSR count). The van der Waals surface area contributed by atoms with Crippen LogP contribution in [-0.4, -0.2) is 25.7 Å². The molecule has 2 N–H and O–H groups in total. The quantitative estimate of drug-likeness (QED) is 0.856. The van der Waals surface area contributed by atoms with E-state index in [4.69, 9.17) is 11.6 Å². The van der Waals surface area contributed by atoms with E-state index in [0.717, 1.165) is 12.0 Å². The van der Waals surface area contributed by atoms with Crippen LogP contribution in [-0.2, 0) is 28.6 Å². The molecule has 0 fully saturated rings. The third-order valence-electron chi connectivity index (χ3n) is 4.42. The van der Waals surface area contributed by atoms with E-state index in [1.54, 1.807) is 24.3 Å². The first kappa shape index (κ1) is 17.4. The zero-order valence-corrected chi connectivity index (χ0v) is 14.8. The predicted octanol–water partition coefficient (Wildman–Crippen LogP) is 2.68. The second-order valence-corrected chi connectivity index (χ2v) is 8.56. The Morgan fingerprint density at radius 1 is 1.08 bits per heavy atom. The van der Waals surface area contributed by atoms with E-state index < -0.39 is 15.6 Å². The Labute approximate surface area is 147 Å². The average molecular weight is 366 g/mol. The van der Waals surface area contributed by atoms with Gasteiger partial charge >= 0.3 is 0 Å². The maximum absolute atomic E-state index is 12.3. The lowest BCUT2D eigenvalue weighted by Crippen LogP contribution is -2.46. The summed E-state index contributed by atoms with van der Waals surface area (Å²) in [4.78, 5) is 0. The van der Waals surface area contributed by atoms with Crippen LogP contribution in [0.3, 0.4) is 0 Å². The van der Waals surface area contributed by atoms with Gasteiger partial charge in [0.05, 0.1) is 11.4 Å². The summed E-state index contributed by atoms with van der Waals surface area (Å²) in [5.74, 6) is -0.195. The average Bonchev–Trinajstić information content (AvgIpc) is 2.55. The lowest BCUT2D eigenvalue weighted by Gasteiger charge is -2.33. The minimum atomic E-state index is -3.57. The molecule has 0 unspecified atom stereocenters. The van der Waals surface area contributed by atoms with Crippen LogP contribution >= 0.6 is 11.6 Å². The summed E-state index contributed by atoms with van der Waals surface area (Å²) in [6.45, 7) is 0.00806. The molecule has 0 saturated heterocycles. The number of hydrogen-bond donors (Lipinski definition) is 2. The molecule has 128 valence electrons. The van der Waals surface area contributed by atoms with E-state index in [-0.39, 0.29) is 12.3 Å². The zero-order valence-electron chi connectivity index (χ0n) is 13.2. The fraction of sp³-hybridized carbons (Fsp3) is 0.333. The molecule has 1 atom stereocenters. The highest BCUT2D eigenvalue weighted by Gasteiger charge is 2.33. The van der Waals surface area contributed by atoms with Crippen LogP contribution in [0.2, 0.25) is 5.02 Å². The summed E-state index contributed by atoms with van der Waals surface area (Å²) in [7, 11) is -3.57. The van der Waals surface area contributed by atoms with Crippen LogP contribution in [0.15, 0.2) is 48.5 Å². The van der Waals surface area contributed by atoms with Gasteiger partial charge in [0.2, 0.25) is 10.0 Å². The molecule has 0 aliphatic heterocycles. The SMILES string of the molecule is O=S(=O)(Cc1ccccc1Cl)NC[C@]1(O)CCc2ccccc2C1. The lowest BCUT2D eigenvalue weighted by atomic mass is 9.80. The van der Waals surface area contributed by atoms with Gasteiger partial charge in [-0.05, 0) is 35.6 Å². The van der Waals surface area contributed by atoms with E-state index in [1.165, 1.54) is 5.56 Å². The Hall–Kier alpha value is -1.40. The van der Waals surface area contributed by atoms with Gasteiger partial charge in [0.15, 0.2) is 0 Å². The van der Waals surface area contributed by atoms with Crippen molar-refractivity contribution >= 4 is 21.6 Å². The molecule has 0 aromatic heterocycles. The predicted molar refractivity (Wildman–Crippen MR) is 95.5 cm³/mol. The summed E-state index contributed by atoms with van der Waals surface area (Å²) in [5.41, 5.74) is 1.80. The molecule has 6 heteroatoms. The maximum Gasteiger partial charge on any atom is 0.215 e. The number of nitrogens with one attached hydrogen (secondary N) is 1. The molecule has 0 spiro atoms. The molecule has 2 aromatic carbocycles. The van der Waals surface area contributed by atoms with Gasteiger partial charge in [0, 0.05) is 18.0 Å². The molecule has 2 aromatic rings. The number of fused-ring (bicyclic) bond motifs is 1. The van der Waals surface area contributed by atoms with Crippen molar-refractivity contribution in [3.05, 3.63) is 70.2 Å². The third kappa shape index (κ3) is 4.16. The molecular formula is C18H20ClNO3S. The first-order chi connectivity index (χ1) is 11.4. The van der Waals surface area contributed by atoms with Crippen molar-refractivity contribution in [2.24, 2.45) is 0 Å². The van der Waals surface area contributed by atoms with Gasteiger partial charge in [-0.1, -0.05) is 54.1 Å². The van der Waals surface area contributed by atoms with Crippen LogP contribution in [0.25, 0.3) is 0 Å². The highest BCUT2D eigenvalue weighted by atomic mass is 35.5. The number of aryl methyl sites for hydroxylation is 1. The lowest BCUT2D eigenvalue weighted by molar-refractivity contribution is 0.0317. The van der Waals surface area contributed by atoms with Gasteiger partial charge in [0.25, 0.3) is 0 Å². The number of sulfonamides is 1. The van der Waals surface area contributed by atoms with Gasteiger partial charge < -0.3 is 5.11 Å². The van der Waals surface area contributed by atoms with Crippen molar-refractivity contribution in [2.75, 3.05) is 6.54 Å². The monoisotopic (exact) mass is 365 g/mol. The zero-order chi connectivity index (χ0) is 17.2. The van der Waals surface area contributed by atoms with Crippen LogP contribution in [0.5, 0.6) is 0 Å². The Morgan fingerprint density at radius 2 is 1.75 bits per heavy atom. The molecule has 4 nitrogen and oxygen atoms in total. The number of rotatable bonds is 5. The van der Waals surface area contributed by atoms with Gasteiger partial charge in [0.1, 0.15) is 0 Å². The molecule has 0 bridgehead atoms. The first-order valence-electron chi connectivity index (χ1n) is 7.87. The van der Waals surface area contributed by atoms with E-state index in [1.807, 2.05) is 18.2 Å². The second-order valence-electron chi connectivity index (χ2n) is 6.34. The molecule has 0 saturated carbocycles. The largest absolute Gasteiger partial charge is 0.388 e. The van der Waals surface area contributed by atoms with Crippen molar-refractivity contribution in [3.63, 3.8) is 0 Å². The molecule has 0 amide bonds. The molecule has 1 aliphatic rings. The standard InChI is InChI=1S/C18H20ClNO3S/c19-17-8-4-3-7-16(17)12-24(22,23)20-13-18(21)10-9-14-5-1-2-6-15(14)11-18/h1-8,20-21H,9-13H2/t18-/m0/s1. The molecule has 24 heavy (non-hydrogen) atoms. The van der Waals surface area contributed by atoms with Crippen LogP contribution in [0, 0.1) is 0 Å². The summed E-state index contributed by atoms with van der Waals surface area (Å²) >= 11 is 6.02. The Bertz CT molecular complexity index is 838. The molecule has 0 radical (unpaired) electrons. The van der Waals surface area contributed by atoms with Gasteiger partial charge in [-0.25, -0.2) is 13.1 Å². The Balaban J connectivity index is 1.66. The topological polar surface area (TPSA) is 66.4 Å². The minimum absolute atomic E-state index is 0.00806. The smallest absolute Gasteiger partial charge is 0.215 e. The van der Waals surface area contributed by atoms with Crippen molar-refractivity contribution < 1.29 is 13.5 Å². The highest BCUT2D eigenvalue weighted by molar-refractivity contribution is 7.88. The number of aliphatic hydroxyl groups is 1. The molecule has 1 aliphatic carbocycles. The maximum atomic E-state index is 12.3. The van der Waals surface area contributed by atoms with E-state index in [9.17, 15) is 13.5 Å². The summed E-state index contributed by atoms with van der Waals surface area (Å²) in [6, 6.07) is 14.8. The first-order valence-corrected chi connectivity index (χ1v) is 9.90. The molecular weight excluding hydrogens is 346 g/mol. The Morgan fingerprint density at radius 3 is 2.50 bits per heavy atom. The van der Waals surface area contributed by atoms with Crippen LogP contribution in [0.4, 0.5) is 0 Å². The number of benzene rings is 2. The number of halogens is 1. The fourth-order valence-electron chi connectivity index (χ4n) is 3.05. The van der Waals surface area contributed by atoms with Gasteiger partial charge in [-0.3, -0.25) is 0 Å². The Kier molecular flexibility index (Phi) is 4.97. The van der Waals surface area contributed by atoms with E-state index in [2.05, 4.69) is 10.8 Å². The summed E-state index contributed by atoms with van der Waals surface area (Å²) in [6.07, 6.45) is 1.75. The highest BCUT2D eigenvalue weighted by Crippen LogP contribution is 2.28. The van der Waals surface area contributed by atoms with E-state index >= 15 is 0 Å². The normalized spacial score (nSPS) is 20.6. The third-order valence-corrected chi connectivity index (χ3v) is 6.07. The van der Waals surface area contributed by atoms with Crippen molar-refractivity contribution in [1.29, 1.82) is 0 Å². The summed E-state index contributed by atoms with van der Waals surface area (Å²) < 4.78 is 27.1. The minimum Gasteiger partial charge on any atom is -0.388 e. The van der Waals surface area contributed by atoms with Gasteiger partial charge in [-0.2, -0.15) is 0 Å². The van der Waals surface area contributed by atoms with Crippen LogP contribution in [0.1, 0.15) is 23.1 Å². The second kappa shape index (κ2) is 6.84. The molecule has 0 heterocycles. The van der Waals surface area contributed by atoms with E-state index in [0.29, 0.717) is 23.4 Å².